The van der Waals surface area contributed by atoms with Crippen molar-refractivity contribution in [2.24, 2.45) is 5.92 Å². The number of carbonyl (C=O) groups excluding carboxylic acids is 2. The summed E-state index contributed by atoms with van der Waals surface area (Å²) in [6, 6.07) is 3.50. The molecule has 0 aromatic heterocycles. The lowest BCUT2D eigenvalue weighted by molar-refractivity contribution is -0.140. The van der Waals surface area contributed by atoms with Crippen molar-refractivity contribution in [3.63, 3.8) is 0 Å². The molecule has 0 spiro atoms. The van der Waals surface area contributed by atoms with Gasteiger partial charge in [-0.3, -0.25) is 10.1 Å². The number of allylic oxidation sites excluding steroid dienone is 3. The number of methoxy groups -OCH3 is 3. The third-order valence-electron chi connectivity index (χ3n) is 7.32. The zero-order valence-electron chi connectivity index (χ0n) is 24.8. The fraction of sp³-hybridized carbons (Fsp3) is 0.586. The summed E-state index contributed by atoms with van der Waals surface area (Å²) in [5, 5.41) is 24.4. The van der Waals surface area contributed by atoms with Gasteiger partial charge in [0, 0.05) is 27.7 Å². The molecule has 0 unspecified atom stereocenters. The molecule has 224 valence electrons. The number of halogens is 1. The summed E-state index contributed by atoms with van der Waals surface area (Å²) in [5.41, 5.74) is -0.605. The predicted molar refractivity (Wildman–Crippen MR) is 155 cm³/mol. The molecule has 11 heteroatoms. The molecule has 1 heterocycles. The van der Waals surface area contributed by atoms with Crippen molar-refractivity contribution in [1.82, 2.24) is 5.32 Å². The van der Waals surface area contributed by atoms with E-state index in [9.17, 15) is 19.8 Å². The Morgan fingerprint density at radius 3 is 2.52 bits per heavy atom. The van der Waals surface area contributed by atoms with Crippen LogP contribution in [-0.4, -0.2) is 80.2 Å². The Labute approximate surface area is 241 Å². The smallest absolute Gasteiger partial charge is 0.409 e. The molecule has 3 N–H and O–H groups in total. The summed E-state index contributed by atoms with van der Waals surface area (Å²) in [4.78, 5) is 26.5. The summed E-state index contributed by atoms with van der Waals surface area (Å²) in [7, 11) is 5.98. The molecule has 2 rings (SSSR count). The number of ether oxygens (including phenoxy) is 4. The zero-order chi connectivity index (χ0) is 30.4. The molecule has 0 saturated carbocycles. The van der Waals surface area contributed by atoms with Crippen molar-refractivity contribution < 1.29 is 38.7 Å². The molecule has 4 atom stereocenters. The number of hydrogen-bond donors (Lipinski definition) is 3. The Bertz CT molecular complexity index is 1120. The van der Waals surface area contributed by atoms with Crippen molar-refractivity contribution in [1.29, 1.82) is 0 Å². The van der Waals surface area contributed by atoms with Crippen molar-refractivity contribution in [3.05, 3.63) is 40.9 Å². The standard InChI is InChI=1S/C29H43ClN2O8/c1-17(2)22-16-29(36,31-27(35)40-22)24(38-8)12-10-11-18(3)19-13-20(26(30)21(14-19)37-7)32(6)25(34)15-23(33)28(4,5)39-9/h10-14,17,22-24,33,36H,15-16H2,1-9H3,(H,31,35)/b12-10+,18-11+/t22-,23-,24+,29-/m0/s1. The molecule has 0 aliphatic carbocycles. The Balaban J connectivity index is 2.32. The van der Waals surface area contributed by atoms with Crippen LogP contribution in [-0.2, 0) is 19.0 Å². The highest BCUT2D eigenvalue weighted by atomic mass is 35.5. The number of nitrogens with one attached hydrogen (secondary N) is 1. The van der Waals surface area contributed by atoms with E-state index < -0.39 is 35.7 Å². The molecule has 1 fully saturated rings. The average molecular weight is 583 g/mol. The SMILES string of the molecule is COc1cc(/C(C)=C/C=C/[C@@H](OC)[C@@]2(O)C[C@@H](C(C)C)OC(=O)N2)cc(N(C)C(=O)C[C@H](O)C(C)(C)OC)c1Cl. The monoisotopic (exact) mass is 582 g/mol. The largest absolute Gasteiger partial charge is 0.495 e. The Morgan fingerprint density at radius 1 is 1.32 bits per heavy atom. The van der Waals surface area contributed by atoms with Gasteiger partial charge in [-0.1, -0.05) is 43.7 Å². The van der Waals surface area contributed by atoms with E-state index in [1.807, 2.05) is 20.8 Å². The average Bonchev–Trinajstić information content (AvgIpc) is 2.89. The zero-order valence-corrected chi connectivity index (χ0v) is 25.5. The van der Waals surface area contributed by atoms with Gasteiger partial charge in [0.2, 0.25) is 5.91 Å². The third-order valence-corrected chi connectivity index (χ3v) is 7.70. The van der Waals surface area contributed by atoms with Gasteiger partial charge >= 0.3 is 6.09 Å². The second-order valence-corrected chi connectivity index (χ2v) is 11.2. The fourth-order valence-electron chi connectivity index (χ4n) is 4.15. The summed E-state index contributed by atoms with van der Waals surface area (Å²) in [6.45, 7) is 9.10. The number of amides is 2. The van der Waals surface area contributed by atoms with Gasteiger partial charge in [-0.05, 0) is 50.0 Å². The van der Waals surface area contributed by atoms with Gasteiger partial charge in [-0.2, -0.15) is 0 Å². The first-order valence-corrected chi connectivity index (χ1v) is 13.4. The van der Waals surface area contributed by atoms with E-state index in [0.29, 0.717) is 11.4 Å². The number of anilines is 1. The van der Waals surface area contributed by atoms with Gasteiger partial charge in [0.1, 0.15) is 23.0 Å². The Hall–Kier alpha value is -2.63. The number of aliphatic hydroxyl groups is 2. The van der Waals surface area contributed by atoms with Gasteiger partial charge < -0.3 is 34.1 Å². The molecule has 0 bridgehead atoms. The Morgan fingerprint density at radius 2 is 1.98 bits per heavy atom. The molecule has 2 amide bonds. The predicted octanol–water partition coefficient (Wildman–Crippen LogP) is 4.31. The molecule has 1 aliphatic rings. The third kappa shape index (κ3) is 7.98. The van der Waals surface area contributed by atoms with Gasteiger partial charge in [0.05, 0.1) is 30.9 Å². The molecule has 1 aromatic carbocycles. The molecule has 40 heavy (non-hydrogen) atoms. The number of cyclic esters (lactones) is 1. The lowest BCUT2D eigenvalue weighted by Crippen LogP contribution is -2.63. The maximum atomic E-state index is 13.0. The minimum absolute atomic E-state index is 0.0232. The highest BCUT2D eigenvalue weighted by Gasteiger charge is 2.45. The number of rotatable bonds is 12. The number of hydrogen-bond acceptors (Lipinski definition) is 8. The summed E-state index contributed by atoms with van der Waals surface area (Å²) < 4.78 is 21.5. The number of alkyl carbamates (subject to hydrolysis) is 1. The van der Waals surface area contributed by atoms with E-state index in [2.05, 4.69) is 5.32 Å². The lowest BCUT2D eigenvalue weighted by atomic mass is 9.91. The molecule has 10 nitrogen and oxygen atoms in total. The van der Waals surface area contributed by atoms with Crippen LogP contribution in [0.5, 0.6) is 5.75 Å². The maximum absolute atomic E-state index is 13.0. The van der Waals surface area contributed by atoms with Gasteiger partial charge in [-0.15, -0.1) is 0 Å². The summed E-state index contributed by atoms with van der Waals surface area (Å²) >= 11 is 6.56. The topological polar surface area (TPSA) is 127 Å². The van der Waals surface area contributed by atoms with Gasteiger partial charge in [0.15, 0.2) is 5.72 Å². The molecule has 0 radical (unpaired) electrons. The first-order valence-electron chi connectivity index (χ1n) is 13.1. The summed E-state index contributed by atoms with van der Waals surface area (Å²) in [5.74, 6) is 0.0433. The van der Waals surface area contributed by atoms with Crippen molar-refractivity contribution in [2.75, 3.05) is 33.3 Å². The Kier molecular flexibility index (Phi) is 11.6. The quantitative estimate of drug-likeness (QED) is 0.311. The van der Waals surface area contributed by atoms with Crippen molar-refractivity contribution in [3.8, 4) is 5.75 Å². The lowest BCUT2D eigenvalue weighted by Gasteiger charge is -2.41. The van der Waals surface area contributed by atoms with E-state index >= 15 is 0 Å². The minimum Gasteiger partial charge on any atom is -0.495 e. The van der Waals surface area contributed by atoms with Crippen molar-refractivity contribution in [2.45, 2.75) is 77.1 Å². The van der Waals surface area contributed by atoms with Crippen molar-refractivity contribution >= 4 is 34.9 Å². The van der Waals surface area contributed by atoms with Crippen LogP contribution in [0.1, 0.15) is 53.0 Å². The van der Waals surface area contributed by atoms with Crippen LogP contribution in [0.15, 0.2) is 30.4 Å². The normalized spacial score (nSPS) is 21.7. The first kappa shape index (κ1) is 33.6. The molecule has 1 aliphatic heterocycles. The minimum atomic E-state index is -1.64. The second kappa shape index (κ2) is 13.8. The number of carbonyl (C=O) groups is 2. The maximum Gasteiger partial charge on any atom is 0.409 e. The fourth-order valence-corrected chi connectivity index (χ4v) is 4.47. The number of aliphatic hydroxyl groups excluding tert-OH is 1. The van der Waals surface area contributed by atoms with E-state index in [0.717, 1.165) is 11.1 Å². The van der Waals surface area contributed by atoms with Gasteiger partial charge in [-0.25, -0.2) is 4.79 Å². The van der Waals surface area contributed by atoms with Crippen LogP contribution in [0, 0.1) is 5.92 Å². The van der Waals surface area contributed by atoms with E-state index in [-0.39, 0.29) is 29.7 Å². The highest BCUT2D eigenvalue weighted by Crippen LogP contribution is 2.38. The molecule has 1 saturated heterocycles. The van der Waals surface area contributed by atoms with Crippen LogP contribution < -0.4 is 15.0 Å². The number of nitrogens with zero attached hydrogens (tertiary/aromatic N) is 1. The molecular weight excluding hydrogens is 540 g/mol. The van der Waals surface area contributed by atoms with E-state index in [1.54, 1.807) is 51.3 Å². The second-order valence-electron chi connectivity index (χ2n) is 10.8. The van der Waals surface area contributed by atoms with E-state index in [4.69, 9.17) is 30.5 Å². The summed E-state index contributed by atoms with van der Waals surface area (Å²) in [6.07, 6.45) is 2.14. The first-order chi connectivity index (χ1) is 18.6. The van der Waals surface area contributed by atoms with Crippen LogP contribution in [0.2, 0.25) is 5.02 Å². The number of benzene rings is 1. The van der Waals surface area contributed by atoms with Crippen LogP contribution in [0.25, 0.3) is 5.57 Å². The van der Waals surface area contributed by atoms with Crippen LogP contribution >= 0.6 is 11.6 Å². The van der Waals surface area contributed by atoms with Crippen LogP contribution in [0.3, 0.4) is 0 Å². The van der Waals surface area contributed by atoms with Gasteiger partial charge in [0.25, 0.3) is 0 Å². The molecule has 1 aromatic rings. The highest BCUT2D eigenvalue weighted by molar-refractivity contribution is 6.35. The van der Waals surface area contributed by atoms with Crippen LogP contribution in [0.4, 0.5) is 10.5 Å². The van der Waals surface area contributed by atoms with E-state index in [1.165, 1.54) is 26.2 Å². The molecular formula is C29H43ClN2O8.